The van der Waals surface area contributed by atoms with Crippen molar-refractivity contribution in [2.24, 2.45) is 0 Å². The summed E-state index contributed by atoms with van der Waals surface area (Å²) in [6, 6.07) is 17.9. The summed E-state index contributed by atoms with van der Waals surface area (Å²) in [6.45, 7) is 5.22. The summed E-state index contributed by atoms with van der Waals surface area (Å²) in [4.78, 5) is 12.1. The van der Waals surface area contributed by atoms with Gasteiger partial charge in [0.2, 0.25) is 5.91 Å². The average Bonchev–Trinajstić information content (AvgIpc) is 2.57. The molecular weight excluding hydrogens is 288 g/mol. The molecule has 0 aliphatic rings. The number of amides is 1. The van der Waals surface area contributed by atoms with Crippen molar-refractivity contribution in [1.29, 1.82) is 0 Å². The van der Waals surface area contributed by atoms with Crippen LogP contribution in [0.2, 0.25) is 0 Å². The van der Waals surface area contributed by atoms with Crippen molar-refractivity contribution in [1.82, 2.24) is 5.32 Å². The molecule has 0 aromatic heterocycles. The minimum Gasteiger partial charge on any atom is -0.492 e. The molecular formula is C19H24N2O2. The van der Waals surface area contributed by atoms with Crippen molar-refractivity contribution >= 4 is 11.6 Å². The SMILES string of the molecule is CCOc1ccccc1NC(=O)CCNC(C)c1ccccc1. The summed E-state index contributed by atoms with van der Waals surface area (Å²) in [6.07, 6.45) is 0.414. The van der Waals surface area contributed by atoms with E-state index in [1.807, 2.05) is 49.4 Å². The van der Waals surface area contributed by atoms with Gasteiger partial charge in [0, 0.05) is 19.0 Å². The highest BCUT2D eigenvalue weighted by Crippen LogP contribution is 2.23. The molecule has 4 nitrogen and oxygen atoms in total. The molecule has 0 bridgehead atoms. The number of hydrogen-bond acceptors (Lipinski definition) is 3. The van der Waals surface area contributed by atoms with Gasteiger partial charge in [-0.25, -0.2) is 0 Å². The normalized spacial score (nSPS) is 11.7. The van der Waals surface area contributed by atoms with Crippen molar-refractivity contribution in [2.45, 2.75) is 26.3 Å². The molecule has 1 atom stereocenters. The van der Waals surface area contributed by atoms with Crippen molar-refractivity contribution in [3.8, 4) is 5.75 Å². The Bertz CT molecular complexity index is 614. The van der Waals surface area contributed by atoms with Crippen molar-refractivity contribution in [2.75, 3.05) is 18.5 Å². The average molecular weight is 312 g/mol. The lowest BCUT2D eigenvalue weighted by molar-refractivity contribution is -0.116. The van der Waals surface area contributed by atoms with Gasteiger partial charge in [-0.2, -0.15) is 0 Å². The minimum atomic E-state index is -0.0232. The predicted octanol–water partition coefficient (Wildman–Crippen LogP) is 3.76. The molecule has 2 aromatic carbocycles. The topological polar surface area (TPSA) is 50.4 Å². The molecule has 0 spiro atoms. The first-order chi connectivity index (χ1) is 11.2. The number of rotatable bonds is 8. The molecule has 2 aromatic rings. The van der Waals surface area contributed by atoms with Crippen LogP contribution in [-0.4, -0.2) is 19.1 Å². The van der Waals surface area contributed by atoms with Gasteiger partial charge in [-0.05, 0) is 31.5 Å². The van der Waals surface area contributed by atoms with Gasteiger partial charge < -0.3 is 15.4 Å². The first-order valence-corrected chi connectivity index (χ1v) is 8.00. The van der Waals surface area contributed by atoms with E-state index in [-0.39, 0.29) is 11.9 Å². The number of nitrogens with one attached hydrogen (secondary N) is 2. The van der Waals surface area contributed by atoms with E-state index in [0.29, 0.717) is 25.3 Å². The molecule has 0 saturated heterocycles. The Labute approximate surface area is 137 Å². The van der Waals surface area contributed by atoms with Crippen molar-refractivity contribution in [3.63, 3.8) is 0 Å². The molecule has 0 fully saturated rings. The van der Waals surface area contributed by atoms with Crippen LogP contribution >= 0.6 is 0 Å². The highest BCUT2D eigenvalue weighted by molar-refractivity contribution is 5.92. The van der Waals surface area contributed by atoms with Gasteiger partial charge in [-0.3, -0.25) is 4.79 Å². The third-order valence-corrected chi connectivity index (χ3v) is 3.56. The zero-order valence-corrected chi connectivity index (χ0v) is 13.7. The maximum Gasteiger partial charge on any atom is 0.225 e. The van der Waals surface area contributed by atoms with Gasteiger partial charge in [0.15, 0.2) is 0 Å². The molecule has 23 heavy (non-hydrogen) atoms. The zero-order valence-electron chi connectivity index (χ0n) is 13.7. The third kappa shape index (κ3) is 5.42. The molecule has 2 rings (SSSR count). The smallest absolute Gasteiger partial charge is 0.225 e. The number of para-hydroxylation sites is 2. The Hall–Kier alpha value is -2.33. The molecule has 0 radical (unpaired) electrons. The predicted molar refractivity (Wildman–Crippen MR) is 93.7 cm³/mol. The van der Waals surface area contributed by atoms with Crippen LogP contribution < -0.4 is 15.4 Å². The number of hydrogen-bond donors (Lipinski definition) is 2. The molecule has 0 aliphatic carbocycles. The summed E-state index contributed by atoms with van der Waals surface area (Å²) in [5.41, 5.74) is 1.94. The van der Waals surface area contributed by atoms with Crippen LogP contribution in [0.5, 0.6) is 5.75 Å². The van der Waals surface area contributed by atoms with Gasteiger partial charge in [0.05, 0.1) is 12.3 Å². The Morgan fingerprint density at radius 1 is 1.09 bits per heavy atom. The minimum absolute atomic E-state index is 0.0232. The van der Waals surface area contributed by atoms with Crippen LogP contribution in [0.15, 0.2) is 54.6 Å². The summed E-state index contributed by atoms with van der Waals surface area (Å²) in [5, 5.41) is 6.27. The number of benzene rings is 2. The Kier molecular flexibility index (Phi) is 6.63. The molecule has 122 valence electrons. The Morgan fingerprint density at radius 3 is 2.52 bits per heavy atom. The zero-order chi connectivity index (χ0) is 16.5. The second kappa shape index (κ2) is 8.96. The second-order valence-corrected chi connectivity index (χ2v) is 5.31. The number of carbonyl (C=O) groups excluding carboxylic acids is 1. The molecule has 0 heterocycles. The molecule has 0 aliphatic heterocycles. The van der Waals surface area contributed by atoms with E-state index in [0.717, 1.165) is 5.69 Å². The van der Waals surface area contributed by atoms with Gasteiger partial charge in [-0.1, -0.05) is 42.5 Å². The standard InChI is InChI=1S/C19H24N2O2/c1-3-23-18-12-8-7-11-17(18)21-19(22)13-14-20-15(2)16-9-5-4-6-10-16/h4-12,15,20H,3,13-14H2,1-2H3,(H,21,22). The molecule has 0 saturated carbocycles. The van der Waals surface area contributed by atoms with Gasteiger partial charge in [0.1, 0.15) is 5.75 Å². The lowest BCUT2D eigenvalue weighted by Crippen LogP contribution is -2.24. The van der Waals surface area contributed by atoms with E-state index in [1.165, 1.54) is 5.56 Å². The number of ether oxygens (including phenoxy) is 1. The Morgan fingerprint density at radius 2 is 1.78 bits per heavy atom. The van der Waals surface area contributed by atoms with Crippen LogP contribution in [0, 0.1) is 0 Å². The van der Waals surface area contributed by atoms with Crippen LogP contribution in [0.1, 0.15) is 31.9 Å². The van der Waals surface area contributed by atoms with Crippen LogP contribution in [0.4, 0.5) is 5.69 Å². The molecule has 1 unspecified atom stereocenters. The summed E-state index contributed by atoms with van der Waals surface area (Å²) in [5.74, 6) is 0.680. The first-order valence-electron chi connectivity index (χ1n) is 8.00. The van der Waals surface area contributed by atoms with Crippen molar-refractivity contribution in [3.05, 3.63) is 60.2 Å². The first kappa shape index (κ1) is 17.0. The van der Waals surface area contributed by atoms with Crippen LogP contribution in [0.25, 0.3) is 0 Å². The third-order valence-electron chi connectivity index (χ3n) is 3.56. The van der Waals surface area contributed by atoms with Crippen molar-refractivity contribution < 1.29 is 9.53 Å². The maximum absolute atomic E-state index is 12.1. The number of anilines is 1. The number of carbonyl (C=O) groups is 1. The van der Waals surface area contributed by atoms with Crippen LogP contribution in [0.3, 0.4) is 0 Å². The lowest BCUT2D eigenvalue weighted by atomic mass is 10.1. The summed E-state index contributed by atoms with van der Waals surface area (Å²) in [7, 11) is 0. The highest BCUT2D eigenvalue weighted by atomic mass is 16.5. The fourth-order valence-corrected chi connectivity index (χ4v) is 2.33. The van der Waals surface area contributed by atoms with E-state index in [2.05, 4.69) is 29.7 Å². The maximum atomic E-state index is 12.1. The largest absolute Gasteiger partial charge is 0.492 e. The van der Waals surface area contributed by atoms with E-state index in [9.17, 15) is 4.79 Å². The fourth-order valence-electron chi connectivity index (χ4n) is 2.33. The van der Waals surface area contributed by atoms with E-state index in [1.54, 1.807) is 0 Å². The summed E-state index contributed by atoms with van der Waals surface area (Å²) >= 11 is 0. The molecule has 1 amide bonds. The van der Waals surface area contributed by atoms with Crippen LogP contribution in [-0.2, 0) is 4.79 Å². The van der Waals surface area contributed by atoms with Gasteiger partial charge >= 0.3 is 0 Å². The fraction of sp³-hybridized carbons (Fsp3) is 0.316. The quantitative estimate of drug-likeness (QED) is 0.780. The summed E-state index contributed by atoms with van der Waals surface area (Å²) < 4.78 is 5.51. The van der Waals surface area contributed by atoms with Gasteiger partial charge in [-0.15, -0.1) is 0 Å². The Balaban J connectivity index is 1.79. The lowest BCUT2D eigenvalue weighted by Gasteiger charge is -2.14. The van der Waals surface area contributed by atoms with E-state index < -0.39 is 0 Å². The van der Waals surface area contributed by atoms with Gasteiger partial charge in [0.25, 0.3) is 0 Å². The highest BCUT2D eigenvalue weighted by Gasteiger charge is 2.08. The van der Waals surface area contributed by atoms with E-state index in [4.69, 9.17) is 4.74 Å². The molecule has 2 N–H and O–H groups in total. The second-order valence-electron chi connectivity index (χ2n) is 5.31. The monoisotopic (exact) mass is 312 g/mol. The van der Waals surface area contributed by atoms with E-state index >= 15 is 0 Å². The molecule has 4 heteroatoms.